The molecule has 0 atom stereocenters. The van der Waals surface area contributed by atoms with Crippen LogP contribution in [-0.4, -0.2) is 47.9 Å². The van der Waals surface area contributed by atoms with Crippen LogP contribution < -0.4 is 0 Å². The van der Waals surface area contributed by atoms with Gasteiger partial charge in [-0.1, -0.05) is 0 Å². The molecule has 0 aromatic heterocycles. The summed E-state index contributed by atoms with van der Waals surface area (Å²) in [6, 6.07) is 0. The number of halogens is 2. The Hall–Kier alpha value is -0.250. The summed E-state index contributed by atoms with van der Waals surface area (Å²) in [5.74, 6) is -1.48. The first-order chi connectivity index (χ1) is 8.47. The van der Waals surface area contributed by atoms with Crippen LogP contribution in [0.2, 0.25) is 0 Å². The summed E-state index contributed by atoms with van der Waals surface area (Å²) in [6.45, 7) is 11.5. The molecule has 0 radical (unpaired) electrons. The highest BCUT2D eigenvalue weighted by Gasteiger charge is 2.24. The average Bonchev–Trinajstić information content (AvgIpc) is 2.30. The Morgan fingerprint density at radius 2 is 1.33 bits per heavy atom. The van der Waals surface area contributed by atoms with Gasteiger partial charge in [0, 0.05) is 26.2 Å². The van der Waals surface area contributed by atoms with Crippen LogP contribution in [0.4, 0.5) is 0 Å². The van der Waals surface area contributed by atoms with E-state index in [4.69, 9.17) is 22.5 Å². The third-order valence-corrected chi connectivity index (χ3v) is 4.46. The van der Waals surface area contributed by atoms with Gasteiger partial charge in [-0.25, -0.2) is 0 Å². The normalized spacial score (nSPS) is 17.7. The van der Waals surface area contributed by atoms with Crippen molar-refractivity contribution in [3.05, 3.63) is 0 Å². The summed E-state index contributed by atoms with van der Waals surface area (Å²) in [5, 5.41) is 0. The minimum absolute atomic E-state index is 0.593. The van der Waals surface area contributed by atoms with Crippen LogP contribution >= 0.6 is 28.4 Å². The molecule has 1 heterocycles. The Kier molecular flexibility index (Phi) is 5.96. The van der Waals surface area contributed by atoms with E-state index < -0.39 is 5.91 Å². The largest absolute Gasteiger partial charge is 0.341 e. The van der Waals surface area contributed by atoms with Gasteiger partial charge in [0.05, 0.1) is 0 Å². The molecule has 0 fully saturated rings. The van der Waals surface area contributed by atoms with Gasteiger partial charge in [0.15, 0.2) is 0 Å². The molecule has 8 heteroatoms. The first-order valence-corrected chi connectivity index (χ1v) is 9.68. The lowest BCUT2D eigenvalue weighted by Gasteiger charge is -2.27. The minimum atomic E-state index is -2.67. The summed E-state index contributed by atoms with van der Waals surface area (Å²) < 4.78 is 8.52. The number of hydrogen-bond donors (Lipinski definition) is 0. The molecule has 0 amide bonds. The third-order valence-electron chi connectivity index (χ3n) is 2.71. The smallest absolute Gasteiger partial charge is 0.259 e. The molecule has 0 saturated heterocycles. The number of nitrogens with zero attached hydrogens (tertiary/aromatic N) is 5. The Bertz CT molecular complexity index is 380. The molecule has 0 saturated carbocycles. The van der Waals surface area contributed by atoms with Crippen LogP contribution in [0.1, 0.15) is 27.7 Å². The molecule has 104 valence electrons. The van der Waals surface area contributed by atoms with E-state index in [0.29, 0.717) is 11.9 Å². The number of rotatable bonds is 4. The van der Waals surface area contributed by atoms with E-state index in [1.807, 2.05) is 37.5 Å². The van der Waals surface area contributed by atoms with Gasteiger partial charge >= 0.3 is 0 Å². The van der Waals surface area contributed by atoms with E-state index in [9.17, 15) is 0 Å². The summed E-state index contributed by atoms with van der Waals surface area (Å²) in [5.41, 5.74) is 0. The van der Waals surface area contributed by atoms with E-state index in [2.05, 4.69) is 14.5 Å². The van der Waals surface area contributed by atoms with Crippen LogP contribution in [-0.2, 0) is 0 Å². The summed E-state index contributed by atoms with van der Waals surface area (Å²) in [6.07, 6.45) is 0. The molecule has 18 heavy (non-hydrogen) atoms. The Morgan fingerprint density at radius 3 is 1.78 bits per heavy atom. The number of guanidine groups is 2. The zero-order valence-corrected chi connectivity index (χ0v) is 13.7. The van der Waals surface area contributed by atoms with Gasteiger partial charge in [-0.2, -0.15) is 14.5 Å². The predicted octanol–water partition coefficient (Wildman–Crippen LogP) is 3.82. The number of aliphatic imine (C=N–C) groups is 1. The molecule has 0 aromatic carbocycles. The topological polar surface area (TPSA) is 43.6 Å². The molecule has 5 nitrogen and oxygen atoms in total. The standard InChI is InChI=1S/C10H20Cl2N5P/c1-5-16(6-2)9-13-10(17(7-3)8-4)15-18(11,12)14-9/h5-8H2,1-4H3. The van der Waals surface area contributed by atoms with Crippen LogP contribution in [0.3, 0.4) is 0 Å². The van der Waals surface area contributed by atoms with Gasteiger partial charge in [-0.15, -0.1) is 0 Å². The molecule has 0 bridgehead atoms. The van der Waals surface area contributed by atoms with Crippen molar-refractivity contribution in [2.45, 2.75) is 27.7 Å². The highest BCUT2D eigenvalue weighted by molar-refractivity contribution is 8.09. The third kappa shape index (κ3) is 3.87. The Labute approximate surface area is 119 Å². The zero-order valence-electron chi connectivity index (χ0n) is 11.3. The van der Waals surface area contributed by atoms with Crippen molar-refractivity contribution >= 4 is 40.3 Å². The van der Waals surface area contributed by atoms with Gasteiger partial charge in [0.1, 0.15) is 0 Å². The molecule has 1 aliphatic rings. The molecular weight excluding hydrogens is 292 g/mol. The van der Waals surface area contributed by atoms with Crippen molar-refractivity contribution in [2.24, 2.45) is 14.5 Å². The maximum absolute atomic E-state index is 6.17. The fourth-order valence-corrected chi connectivity index (χ4v) is 3.28. The lowest BCUT2D eigenvalue weighted by molar-refractivity contribution is 0.447. The molecule has 1 aliphatic heterocycles. The molecular formula is C10H20Cl2N5P. The van der Waals surface area contributed by atoms with Crippen molar-refractivity contribution in [1.82, 2.24) is 9.80 Å². The van der Waals surface area contributed by atoms with Crippen molar-refractivity contribution in [3.63, 3.8) is 0 Å². The quantitative estimate of drug-likeness (QED) is 0.741. The average molecular weight is 312 g/mol. The van der Waals surface area contributed by atoms with Crippen LogP contribution in [0, 0.1) is 0 Å². The van der Waals surface area contributed by atoms with Gasteiger partial charge in [-0.05, 0) is 50.2 Å². The van der Waals surface area contributed by atoms with E-state index in [1.165, 1.54) is 0 Å². The van der Waals surface area contributed by atoms with Crippen LogP contribution in [0.15, 0.2) is 14.5 Å². The van der Waals surface area contributed by atoms with Gasteiger partial charge in [-0.3, -0.25) is 0 Å². The molecule has 0 spiro atoms. The second kappa shape index (κ2) is 6.78. The minimum Gasteiger partial charge on any atom is -0.341 e. The SMILES string of the molecule is CCN(CC)C1=NC(N(CC)CC)=NP(Cl)(Cl)=N1. The van der Waals surface area contributed by atoms with E-state index in [0.717, 1.165) is 26.2 Å². The maximum Gasteiger partial charge on any atom is 0.259 e. The van der Waals surface area contributed by atoms with Crippen molar-refractivity contribution in [3.8, 4) is 0 Å². The van der Waals surface area contributed by atoms with E-state index in [1.54, 1.807) is 0 Å². The summed E-state index contributed by atoms with van der Waals surface area (Å²) >= 11 is 12.3. The molecule has 0 aromatic rings. The second-order valence-electron chi connectivity index (χ2n) is 3.71. The fourth-order valence-electron chi connectivity index (χ4n) is 1.65. The summed E-state index contributed by atoms with van der Waals surface area (Å²) in [4.78, 5) is 8.52. The molecule has 0 aliphatic carbocycles. The van der Waals surface area contributed by atoms with E-state index >= 15 is 0 Å². The Morgan fingerprint density at radius 1 is 0.889 bits per heavy atom. The molecule has 0 N–H and O–H groups in total. The first kappa shape index (κ1) is 15.8. The highest BCUT2D eigenvalue weighted by atomic mass is 35.9. The lowest BCUT2D eigenvalue weighted by Crippen LogP contribution is -2.35. The maximum atomic E-state index is 6.17. The van der Waals surface area contributed by atoms with Crippen molar-refractivity contribution in [1.29, 1.82) is 0 Å². The lowest BCUT2D eigenvalue weighted by atomic mass is 10.5. The van der Waals surface area contributed by atoms with Gasteiger partial charge < -0.3 is 9.80 Å². The van der Waals surface area contributed by atoms with Crippen LogP contribution in [0.5, 0.6) is 0 Å². The monoisotopic (exact) mass is 311 g/mol. The predicted molar refractivity (Wildman–Crippen MR) is 81.8 cm³/mol. The summed E-state index contributed by atoms with van der Waals surface area (Å²) in [7, 11) is 0. The number of hydrogen-bond acceptors (Lipinski definition) is 5. The molecule has 1 rings (SSSR count). The van der Waals surface area contributed by atoms with Crippen LogP contribution in [0.25, 0.3) is 0 Å². The fraction of sp³-hybridized carbons (Fsp3) is 0.800. The zero-order chi connectivity index (χ0) is 13.8. The first-order valence-electron chi connectivity index (χ1n) is 6.17. The Balaban J connectivity index is 3.14. The van der Waals surface area contributed by atoms with Crippen molar-refractivity contribution < 1.29 is 0 Å². The second-order valence-corrected chi connectivity index (χ2v) is 8.37. The van der Waals surface area contributed by atoms with Gasteiger partial charge in [0.2, 0.25) is 11.9 Å². The van der Waals surface area contributed by atoms with E-state index in [-0.39, 0.29) is 0 Å². The van der Waals surface area contributed by atoms with Gasteiger partial charge in [0.25, 0.3) is 5.91 Å². The highest BCUT2D eigenvalue weighted by Crippen LogP contribution is 2.63. The molecule has 0 unspecified atom stereocenters. The van der Waals surface area contributed by atoms with Crippen molar-refractivity contribution in [2.75, 3.05) is 26.2 Å².